The molecule has 0 radical (unpaired) electrons. The number of ether oxygens (including phenoxy) is 1. The molecule has 9 nitrogen and oxygen atoms in total. The topological polar surface area (TPSA) is 142 Å². The van der Waals surface area contributed by atoms with Crippen molar-refractivity contribution >= 4 is 22.9 Å². The van der Waals surface area contributed by atoms with Crippen LogP contribution in [0.5, 0.6) is 0 Å². The van der Waals surface area contributed by atoms with E-state index in [0.29, 0.717) is 32.7 Å². The first-order valence-electron chi connectivity index (χ1n) is 9.15. The molecule has 0 spiro atoms. The van der Waals surface area contributed by atoms with E-state index in [1.54, 1.807) is 36.8 Å². The van der Waals surface area contributed by atoms with Crippen molar-refractivity contribution < 1.29 is 25.2 Å². The Morgan fingerprint density at radius 3 is 2.63 bits per heavy atom. The van der Waals surface area contributed by atoms with Crippen molar-refractivity contribution in [3.05, 3.63) is 57.9 Å². The average Bonchev–Trinajstić information content (AvgIpc) is 3.23. The fourth-order valence-electron chi connectivity index (χ4n) is 3.29. The molecule has 1 aliphatic rings. The average molecular weight is 451 g/mol. The summed E-state index contributed by atoms with van der Waals surface area (Å²) in [6.07, 6.45) is -0.967. The zero-order valence-corrected chi connectivity index (χ0v) is 17.1. The molecule has 0 bridgehead atoms. The van der Waals surface area contributed by atoms with Gasteiger partial charge in [0.1, 0.15) is 41.2 Å². The smallest absolute Gasteiger partial charge is 0.167 e. The van der Waals surface area contributed by atoms with E-state index in [1.807, 2.05) is 0 Å². The van der Waals surface area contributed by atoms with Crippen LogP contribution in [0.4, 0.5) is 0 Å². The molecule has 1 aliphatic heterocycles. The van der Waals surface area contributed by atoms with Gasteiger partial charge in [-0.3, -0.25) is 9.97 Å². The number of aromatic nitrogens is 4. The highest BCUT2D eigenvalue weighted by atomic mass is 35.5. The van der Waals surface area contributed by atoms with Crippen LogP contribution in [0.15, 0.2) is 36.8 Å². The summed E-state index contributed by atoms with van der Waals surface area (Å²) in [6.45, 7) is -0.488. The summed E-state index contributed by atoms with van der Waals surface area (Å²) in [7, 11) is 0. The minimum absolute atomic E-state index is 0.391. The maximum Gasteiger partial charge on any atom is 0.167 e. The molecule has 4 rings (SSSR count). The summed E-state index contributed by atoms with van der Waals surface area (Å²) >= 11 is 7.72. The van der Waals surface area contributed by atoms with Crippen molar-refractivity contribution in [1.82, 2.24) is 20.2 Å². The second-order valence-electron chi connectivity index (χ2n) is 6.87. The van der Waals surface area contributed by atoms with Crippen LogP contribution in [-0.4, -0.2) is 71.6 Å². The molecular weight excluding hydrogens is 432 g/mol. The van der Waals surface area contributed by atoms with E-state index >= 15 is 0 Å². The number of benzene rings is 1. The van der Waals surface area contributed by atoms with Crippen LogP contribution in [0.3, 0.4) is 0 Å². The van der Waals surface area contributed by atoms with Crippen LogP contribution in [0.1, 0.15) is 22.2 Å². The van der Waals surface area contributed by atoms with Crippen LogP contribution < -0.4 is 0 Å². The summed E-state index contributed by atoms with van der Waals surface area (Å²) in [4.78, 5) is 8.23. The van der Waals surface area contributed by atoms with Gasteiger partial charge < -0.3 is 25.2 Å². The summed E-state index contributed by atoms with van der Waals surface area (Å²) in [5.74, 6) is 0. The van der Waals surface area contributed by atoms with Crippen molar-refractivity contribution in [3.63, 3.8) is 0 Å². The minimum atomic E-state index is -1.45. The Kier molecular flexibility index (Phi) is 6.34. The summed E-state index contributed by atoms with van der Waals surface area (Å²) in [5, 5.41) is 50.0. The first-order valence-corrected chi connectivity index (χ1v) is 10.3. The molecule has 5 unspecified atom stereocenters. The fraction of sp³-hybridized carbons (Fsp3) is 0.368. The van der Waals surface area contributed by atoms with Crippen LogP contribution >= 0.6 is 22.9 Å². The van der Waals surface area contributed by atoms with Crippen LogP contribution in [0.2, 0.25) is 5.02 Å². The van der Waals surface area contributed by atoms with Crippen molar-refractivity contribution in [2.75, 3.05) is 6.61 Å². The lowest BCUT2D eigenvalue weighted by molar-refractivity contribution is -0.231. The van der Waals surface area contributed by atoms with Crippen LogP contribution in [-0.2, 0) is 11.2 Å². The third-order valence-corrected chi connectivity index (χ3v) is 6.20. The number of hydrogen-bond donors (Lipinski definition) is 4. The SMILES string of the molecule is OCC1OC(c2ccc(Cl)c(Cc3nnc(-c4cnccn4)s3)c2)C(O)C(O)C1O. The fourth-order valence-corrected chi connectivity index (χ4v) is 4.29. The molecule has 3 aromatic rings. The van der Waals surface area contributed by atoms with Gasteiger partial charge in [-0.25, -0.2) is 0 Å². The lowest BCUT2D eigenvalue weighted by Gasteiger charge is -2.40. The maximum absolute atomic E-state index is 10.4. The predicted molar refractivity (Wildman–Crippen MR) is 108 cm³/mol. The predicted octanol–water partition coefficient (Wildman–Crippen LogP) is 0.754. The van der Waals surface area contributed by atoms with Gasteiger partial charge in [-0.2, -0.15) is 0 Å². The molecule has 11 heteroatoms. The van der Waals surface area contributed by atoms with Crippen LogP contribution in [0.25, 0.3) is 10.7 Å². The van der Waals surface area contributed by atoms with E-state index in [2.05, 4.69) is 20.2 Å². The first kappa shape index (κ1) is 21.2. The normalized spacial score (nSPS) is 26.6. The zero-order valence-electron chi connectivity index (χ0n) is 15.5. The Balaban J connectivity index is 1.57. The van der Waals surface area contributed by atoms with Crippen molar-refractivity contribution in [1.29, 1.82) is 0 Å². The van der Waals surface area contributed by atoms with Gasteiger partial charge in [0.25, 0.3) is 0 Å². The Hall–Kier alpha value is -2.05. The molecule has 1 aromatic carbocycles. The highest BCUT2D eigenvalue weighted by Crippen LogP contribution is 2.34. The Bertz CT molecular complexity index is 1010. The number of aliphatic hydroxyl groups is 4. The second-order valence-corrected chi connectivity index (χ2v) is 8.34. The van der Waals surface area contributed by atoms with Crippen molar-refractivity contribution in [3.8, 4) is 10.7 Å². The molecule has 0 amide bonds. The summed E-state index contributed by atoms with van der Waals surface area (Å²) in [6, 6.07) is 5.08. The van der Waals surface area contributed by atoms with Crippen LogP contribution in [0, 0.1) is 0 Å². The van der Waals surface area contributed by atoms with E-state index in [9.17, 15) is 20.4 Å². The second kappa shape index (κ2) is 8.98. The van der Waals surface area contributed by atoms with Crippen molar-refractivity contribution in [2.45, 2.75) is 36.9 Å². The van der Waals surface area contributed by atoms with Gasteiger partial charge >= 0.3 is 0 Å². The largest absolute Gasteiger partial charge is 0.394 e. The number of hydrogen-bond acceptors (Lipinski definition) is 10. The number of rotatable bonds is 5. The van der Waals surface area contributed by atoms with E-state index in [-0.39, 0.29) is 0 Å². The Labute approximate surface area is 180 Å². The molecular formula is C19H19ClN4O5S. The summed E-state index contributed by atoms with van der Waals surface area (Å²) < 4.78 is 5.63. The van der Waals surface area contributed by atoms with E-state index in [0.717, 1.165) is 5.56 Å². The summed E-state index contributed by atoms with van der Waals surface area (Å²) in [5.41, 5.74) is 1.92. The lowest BCUT2D eigenvalue weighted by Crippen LogP contribution is -2.55. The van der Waals surface area contributed by atoms with E-state index < -0.39 is 37.1 Å². The Morgan fingerprint density at radius 2 is 1.90 bits per heavy atom. The standard InChI is InChI=1S/C19H19ClN4O5S/c20-11-2-1-9(18-17(28)16(27)15(26)13(8-25)29-18)5-10(11)6-14-23-24-19(30-14)12-7-21-3-4-22-12/h1-5,7,13,15-18,25-28H,6,8H2. The Morgan fingerprint density at radius 1 is 1.07 bits per heavy atom. The molecule has 30 heavy (non-hydrogen) atoms. The molecule has 1 fully saturated rings. The van der Waals surface area contributed by atoms with Gasteiger partial charge in [0.15, 0.2) is 5.01 Å². The van der Waals surface area contributed by atoms with Gasteiger partial charge in [0, 0.05) is 23.8 Å². The quantitative estimate of drug-likeness (QED) is 0.443. The third kappa shape index (κ3) is 4.21. The zero-order chi connectivity index (χ0) is 21.3. The van der Waals surface area contributed by atoms with E-state index in [4.69, 9.17) is 16.3 Å². The minimum Gasteiger partial charge on any atom is -0.394 e. The molecule has 0 aliphatic carbocycles. The van der Waals surface area contributed by atoms with Crippen molar-refractivity contribution in [2.24, 2.45) is 0 Å². The molecule has 158 valence electrons. The monoisotopic (exact) mass is 450 g/mol. The van der Waals surface area contributed by atoms with Gasteiger partial charge in [-0.15, -0.1) is 10.2 Å². The lowest BCUT2D eigenvalue weighted by atomic mass is 9.90. The molecule has 3 heterocycles. The van der Waals surface area contributed by atoms with Gasteiger partial charge in [-0.05, 0) is 17.2 Å². The molecule has 4 N–H and O–H groups in total. The molecule has 2 aromatic heterocycles. The van der Waals surface area contributed by atoms with E-state index in [1.165, 1.54) is 11.3 Å². The number of aliphatic hydroxyl groups excluding tert-OH is 4. The molecule has 0 saturated carbocycles. The molecule has 5 atom stereocenters. The van der Waals surface area contributed by atoms with Gasteiger partial charge in [-0.1, -0.05) is 35.1 Å². The first-order chi connectivity index (χ1) is 14.5. The number of halogens is 1. The highest BCUT2D eigenvalue weighted by Gasteiger charge is 2.44. The maximum atomic E-state index is 10.4. The number of nitrogens with zero attached hydrogens (tertiary/aromatic N) is 4. The molecule has 1 saturated heterocycles. The third-order valence-electron chi connectivity index (χ3n) is 4.88. The van der Waals surface area contributed by atoms with Gasteiger partial charge in [0.2, 0.25) is 0 Å². The van der Waals surface area contributed by atoms with Gasteiger partial charge in [0.05, 0.1) is 12.8 Å². The highest BCUT2D eigenvalue weighted by molar-refractivity contribution is 7.14.